The minimum absolute atomic E-state index is 0.0336. The van der Waals surface area contributed by atoms with Crippen LogP contribution < -0.4 is 0 Å². The first kappa shape index (κ1) is 27.2. The van der Waals surface area contributed by atoms with E-state index in [1.807, 2.05) is 32.0 Å². The molecular weight excluding hydrogens is 483 g/mol. The third-order valence-corrected chi connectivity index (χ3v) is 6.72. The van der Waals surface area contributed by atoms with Crippen molar-refractivity contribution in [2.75, 3.05) is 0 Å². The second-order valence-electron chi connectivity index (χ2n) is 9.98. The summed E-state index contributed by atoms with van der Waals surface area (Å²) in [6.07, 6.45) is 0.548. The number of aromatic nitrogens is 2. The van der Waals surface area contributed by atoms with Crippen molar-refractivity contribution in [3.05, 3.63) is 95.1 Å². The normalized spacial score (nSPS) is 14.3. The molecule has 0 saturated carbocycles. The molecular formula is C31H33FN2O4. The molecule has 7 heteroatoms. The van der Waals surface area contributed by atoms with E-state index in [0.29, 0.717) is 0 Å². The van der Waals surface area contributed by atoms with Gasteiger partial charge in [-0.05, 0) is 35.2 Å². The van der Waals surface area contributed by atoms with Gasteiger partial charge in [0.05, 0.1) is 24.3 Å². The fourth-order valence-corrected chi connectivity index (χ4v) is 4.74. The number of carboxylic acids is 1. The molecule has 0 aliphatic heterocycles. The van der Waals surface area contributed by atoms with Gasteiger partial charge >= 0.3 is 5.97 Å². The van der Waals surface area contributed by atoms with Crippen LogP contribution in [0.15, 0.2) is 66.7 Å². The minimum atomic E-state index is -1.17. The number of nitrogens with one attached hydrogen (secondary N) is 1. The number of halogens is 1. The molecule has 0 aliphatic rings. The molecule has 0 radical (unpaired) electrons. The first-order chi connectivity index (χ1) is 18.1. The Balaban J connectivity index is 1.86. The van der Waals surface area contributed by atoms with Gasteiger partial charge in [0.2, 0.25) is 0 Å². The molecule has 0 saturated heterocycles. The molecule has 38 heavy (non-hydrogen) atoms. The summed E-state index contributed by atoms with van der Waals surface area (Å²) < 4.78 is 13.9. The molecule has 0 aliphatic carbocycles. The quantitative estimate of drug-likeness (QED) is 0.200. The first-order valence-corrected chi connectivity index (χ1v) is 12.8. The summed E-state index contributed by atoms with van der Waals surface area (Å²) in [6.45, 7) is 6.19. The van der Waals surface area contributed by atoms with E-state index in [-0.39, 0.29) is 24.1 Å². The van der Waals surface area contributed by atoms with Crippen LogP contribution in [0.3, 0.4) is 0 Å². The van der Waals surface area contributed by atoms with Crippen LogP contribution in [0, 0.1) is 5.82 Å². The third-order valence-electron chi connectivity index (χ3n) is 6.72. The number of aliphatic hydroxyl groups excluding tert-OH is 2. The molecule has 0 fully saturated rings. The molecule has 3 unspecified atom stereocenters. The predicted octanol–water partition coefficient (Wildman–Crippen LogP) is 6.24. The average molecular weight is 517 g/mol. The highest BCUT2D eigenvalue weighted by atomic mass is 19.1. The Morgan fingerprint density at radius 1 is 1.05 bits per heavy atom. The maximum absolute atomic E-state index is 13.9. The summed E-state index contributed by atoms with van der Waals surface area (Å²) in [5, 5.41) is 30.2. The van der Waals surface area contributed by atoms with E-state index in [0.717, 1.165) is 44.7 Å². The molecule has 4 N–H and O–H groups in total. The summed E-state index contributed by atoms with van der Waals surface area (Å²) in [5.74, 6) is -1.34. The molecule has 2 aromatic carbocycles. The lowest BCUT2D eigenvalue weighted by Gasteiger charge is -2.17. The molecule has 198 valence electrons. The van der Waals surface area contributed by atoms with Crippen molar-refractivity contribution >= 4 is 23.1 Å². The average Bonchev–Trinajstić information content (AvgIpc) is 3.30. The molecule has 4 aromatic rings. The van der Waals surface area contributed by atoms with Gasteiger partial charge in [0.25, 0.3) is 0 Å². The summed E-state index contributed by atoms with van der Waals surface area (Å²) in [7, 11) is 0. The Morgan fingerprint density at radius 3 is 2.37 bits per heavy atom. The lowest BCUT2D eigenvalue weighted by atomic mass is 9.91. The van der Waals surface area contributed by atoms with Crippen molar-refractivity contribution in [1.82, 2.24) is 9.97 Å². The number of rotatable bonds is 10. The van der Waals surface area contributed by atoms with Crippen molar-refractivity contribution in [3.63, 3.8) is 0 Å². The highest BCUT2D eigenvalue weighted by Gasteiger charge is 2.21. The predicted molar refractivity (Wildman–Crippen MR) is 147 cm³/mol. The number of carboxylic acid groups (broad SMARTS) is 1. The van der Waals surface area contributed by atoms with Crippen molar-refractivity contribution in [2.24, 2.45) is 0 Å². The fourth-order valence-electron chi connectivity index (χ4n) is 4.74. The van der Waals surface area contributed by atoms with Crippen LogP contribution in [0.2, 0.25) is 0 Å². The van der Waals surface area contributed by atoms with Crippen LogP contribution in [0.1, 0.15) is 68.0 Å². The zero-order valence-electron chi connectivity index (χ0n) is 21.7. The SMILES string of the molecule is CC(C)c1nc2[nH]c(C(C)c3ccccc3)cc2c(-c2ccc(F)cc2)c1C=CC(O)CC(O)CC(=O)O. The second kappa shape index (κ2) is 11.7. The monoisotopic (exact) mass is 516 g/mol. The Morgan fingerprint density at radius 2 is 1.74 bits per heavy atom. The lowest BCUT2D eigenvalue weighted by Crippen LogP contribution is -2.19. The van der Waals surface area contributed by atoms with E-state index < -0.39 is 24.6 Å². The van der Waals surface area contributed by atoms with Gasteiger partial charge in [0.1, 0.15) is 11.5 Å². The van der Waals surface area contributed by atoms with Crippen molar-refractivity contribution < 1.29 is 24.5 Å². The number of carbonyl (C=O) groups is 1. The van der Waals surface area contributed by atoms with Gasteiger partial charge in [0, 0.05) is 34.5 Å². The zero-order chi connectivity index (χ0) is 27.4. The molecule has 0 amide bonds. The maximum atomic E-state index is 13.9. The Bertz CT molecular complexity index is 1430. The minimum Gasteiger partial charge on any atom is -0.481 e. The molecule has 6 nitrogen and oxygen atoms in total. The molecule has 2 heterocycles. The van der Waals surface area contributed by atoms with Gasteiger partial charge < -0.3 is 20.3 Å². The van der Waals surface area contributed by atoms with Crippen molar-refractivity contribution in [3.8, 4) is 11.1 Å². The summed E-state index contributed by atoms with van der Waals surface area (Å²) in [5.41, 5.74) is 6.12. The molecule has 0 spiro atoms. The number of hydrogen-bond donors (Lipinski definition) is 4. The summed E-state index contributed by atoms with van der Waals surface area (Å²) in [6, 6.07) is 18.5. The Hall–Kier alpha value is -3.81. The number of pyridine rings is 1. The Kier molecular flexibility index (Phi) is 8.39. The highest BCUT2D eigenvalue weighted by molar-refractivity contribution is 5.99. The smallest absolute Gasteiger partial charge is 0.305 e. The first-order valence-electron chi connectivity index (χ1n) is 12.8. The van der Waals surface area contributed by atoms with Gasteiger partial charge in [0.15, 0.2) is 0 Å². The molecule has 3 atom stereocenters. The zero-order valence-corrected chi connectivity index (χ0v) is 21.7. The van der Waals surface area contributed by atoms with Gasteiger partial charge in [-0.1, -0.05) is 75.4 Å². The van der Waals surface area contributed by atoms with Crippen LogP contribution in [-0.4, -0.2) is 43.5 Å². The third kappa shape index (κ3) is 6.18. The largest absolute Gasteiger partial charge is 0.481 e. The number of hydrogen-bond acceptors (Lipinski definition) is 4. The van der Waals surface area contributed by atoms with E-state index >= 15 is 0 Å². The topological polar surface area (TPSA) is 106 Å². The van der Waals surface area contributed by atoms with Crippen molar-refractivity contribution in [1.29, 1.82) is 0 Å². The number of benzene rings is 2. The molecule has 0 bridgehead atoms. The number of H-pyrrole nitrogens is 1. The van der Waals surface area contributed by atoms with E-state index in [2.05, 4.69) is 30.1 Å². The van der Waals surface area contributed by atoms with E-state index in [9.17, 15) is 19.4 Å². The van der Waals surface area contributed by atoms with Crippen LogP contribution in [0.4, 0.5) is 4.39 Å². The van der Waals surface area contributed by atoms with Crippen molar-refractivity contribution in [2.45, 2.75) is 57.7 Å². The number of aliphatic carboxylic acids is 1. The maximum Gasteiger partial charge on any atom is 0.305 e. The number of aromatic amines is 1. The fraction of sp³-hybridized carbons (Fsp3) is 0.290. The number of fused-ring (bicyclic) bond motifs is 1. The summed E-state index contributed by atoms with van der Waals surface area (Å²) in [4.78, 5) is 19.3. The molecule has 4 rings (SSSR count). The number of aliphatic hydroxyl groups is 2. The standard InChI is InChI=1S/C31H33FN2O4/c1-18(2)30-25(14-13-23(35)15-24(36)16-28(37)38)29(21-9-11-22(32)12-10-21)26-17-27(33-31(26)34-30)19(3)20-7-5-4-6-8-20/h4-14,17-19,23-24,35-36H,15-16H2,1-3H3,(H,33,34)(H,37,38). The van der Waals surface area contributed by atoms with E-state index in [4.69, 9.17) is 10.1 Å². The van der Waals surface area contributed by atoms with Gasteiger partial charge in [-0.2, -0.15) is 0 Å². The van der Waals surface area contributed by atoms with Gasteiger partial charge in [-0.3, -0.25) is 4.79 Å². The van der Waals surface area contributed by atoms with Gasteiger partial charge in [-0.15, -0.1) is 0 Å². The molecule has 2 aromatic heterocycles. The Labute approximate surface area is 221 Å². The number of nitrogens with zero attached hydrogens (tertiary/aromatic N) is 1. The lowest BCUT2D eigenvalue weighted by molar-refractivity contribution is -0.139. The van der Waals surface area contributed by atoms with Gasteiger partial charge in [-0.25, -0.2) is 9.37 Å². The van der Waals surface area contributed by atoms with Crippen LogP contribution in [0.5, 0.6) is 0 Å². The van der Waals surface area contributed by atoms with Crippen LogP contribution >= 0.6 is 0 Å². The van der Waals surface area contributed by atoms with Crippen LogP contribution in [0.25, 0.3) is 28.2 Å². The van der Waals surface area contributed by atoms with E-state index in [1.165, 1.54) is 12.1 Å². The highest BCUT2D eigenvalue weighted by Crippen LogP contribution is 2.38. The second-order valence-corrected chi connectivity index (χ2v) is 9.98. The summed E-state index contributed by atoms with van der Waals surface area (Å²) >= 11 is 0. The van der Waals surface area contributed by atoms with Crippen LogP contribution in [-0.2, 0) is 4.79 Å². The van der Waals surface area contributed by atoms with E-state index in [1.54, 1.807) is 24.3 Å².